The number of nitrogens with zero attached hydrogens (tertiary/aromatic N) is 2. The molecule has 23 heavy (non-hydrogen) atoms. The quantitative estimate of drug-likeness (QED) is 0.688. The van der Waals surface area contributed by atoms with Crippen molar-refractivity contribution in [3.63, 3.8) is 0 Å². The zero-order chi connectivity index (χ0) is 17.2. The van der Waals surface area contributed by atoms with Crippen LogP contribution in [0.2, 0.25) is 0 Å². The smallest absolute Gasteiger partial charge is 0.419 e. The van der Waals surface area contributed by atoms with Crippen LogP contribution in [-0.2, 0) is 10.9 Å². The number of benzene rings is 1. The Morgan fingerprint density at radius 3 is 2.57 bits per heavy atom. The maximum atomic E-state index is 14.1. The molecular weight excluding hydrogens is 322 g/mol. The molecular formula is C13H11F4N3O3. The highest BCUT2D eigenvalue weighted by molar-refractivity contribution is 5.94. The van der Waals surface area contributed by atoms with Gasteiger partial charge in [-0.3, -0.25) is 0 Å². The molecule has 2 rings (SSSR count). The van der Waals surface area contributed by atoms with E-state index in [1.165, 1.54) is 0 Å². The van der Waals surface area contributed by atoms with E-state index in [4.69, 9.17) is 9.47 Å². The van der Waals surface area contributed by atoms with Crippen LogP contribution in [0.5, 0.6) is 5.75 Å². The van der Waals surface area contributed by atoms with Gasteiger partial charge in [0.15, 0.2) is 17.3 Å². The second-order valence-corrected chi connectivity index (χ2v) is 4.25. The number of carbonyl (C=O) groups excluding carboxylic acids is 1. The minimum absolute atomic E-state index is 0.0592. The lowest BCUT2D eigenvalue weighted by molar-refractivity contribution is -0.140. The fourth-order valence-corrected chi connectivity index (χ4v) is 1.92. The molecule has 0 unspecified atom stereocenters. The summed E-state index contributed by atoms with van der Waals surface area (Å²) in [5, 5.41) is 9.39. The molecule has 0 aliphatic carbocycles. The Bertz CT molecular complexity index is 728. The van der Waals surface area contributed by atoms with Crippen molar-refractivity contribution in [2.24, 2.45) is 0 Å². The predicted octanol–water partition coefficient (Wildman–Crippen LogP) is 2.81. The van der Waals surface area contributed by atoms with Crippen LogP contribution < -0.4 is 4.74 Å². The molecule has 124 valence electrons. The Morgan fingerprint density at radius 1 is 1.30 bits per heavy atom. The molecule has 1 aromatic heterocycles. The summed E-state index contributed by atoms with van der Waals surface area (Å²) in [7, 11) is 1.01. The summed E-state index contributed by atoms with van der Waals surface area (Å²) < 4.78 is 61.8. The van der Waals surface area contributed by atoms with Gasteiger partial charge < -0.3 is 9.47 Å². The van der Waals surface area contributed by atoms with E-state index in [-0.39, 0.29) is 23.6 Å². The Labute approximate surface area is 127 Å². The first-order chi connectivity index (χ1) is 10.8. The van der Waals surface area contributed by atoms with Gasteiger partial charge in [-0.25, -0.2) is 9.18 Å². The lowest BCUT2D eigenvalue weighted by Crippen LogP contribution is -2.11. The molecule has 10 heteroatoms. The van der Waals surface area contributed by atoms with Crippen molar-refractivity contribution in [3.05, 3.63) is 29.2 Å². The molecule has 0 saturated heterocycles. The number of alkyl halides is 3. The molecule has 0 saturated carbocycles. The van der Waals surface area contributed by atoms with Crippen molar-refractivity contribution in [3.8, 4) is 17.0 Å². The van der Waals surface area contributed by atoms with Gasteiger partial charge in [0, 0.05) is 5.56 Å². The molecule has 0 aliphatic rings. The molecule has 0 atom stereocenters. The first kappa shape index (κ1) is 16.7. The number of ether oxygens (including phenoxy) is 2. The predicted molar refractivity (Wildman–Crippen MR) is 69.3 cm³/mol. The van der Waals surface area contributed by atoms with E-state index in [1.807, 2.05) is 0 Å². The second-order valence-electron chi connectivity index (χ2n) is 4.25. The second kappa shape index (κ2) is 6.23. The van der Waals surface area contributed by atoms with Crippen LogP contribution in [0.15, 0.2) is 12.1 Å². The van der Waals surface area contributed by atoms with Gasteiger partial charge >= 0.3 is 12.1 Å². The van der Waals surface area contributed by atoms with E-state index in [2.05, 4.69) is 15.4 Å². The zero-order valence-electron chi connectivity index (χ0n) is 12.0. The molecule has 1 N–H and O–H groups in total. The number of methoxy groups -OCH3 is 1. The number of aromatic nitrogens is 3. The minimum Gasteiger partial charge on any atom is -0.493 e. The van der Waals surface area contributed by atoms with E-state index < -0.39 is 29.3 Å². The summed E-state index contributed by atoms with van der Waals surface area (Å²) in [5.41, 5.74) is -2.11. The van der Waals surface area contributed by atoms with Gasteiger partial charge in [-0.05, 0) is 19.1 Å². The third-order valence-electron chi connectivity index (χ3n) is 2.88. The van der Waals surface area contributed by atoms with Crippen LogP contribution in [0.1, 0.15) is 23.0 Å². The molecule has 0 spiro atoms. The van der Waals surface area contributed by atoms with Crippen LogP contribution in [0.3, 0.4) is 0 Å². The van der Waals surface area contributed by atoms with Crippen molar-refractivity contribution >= 4 is 5.97 Å². The maximum absolute atomic E-state index is 14.1. The molecule has 1 aromatic carbocycles. The van der Waals surface area contributed by atoms with Crippen LogP contribution in [0, 0.1) is 5.82 Å². The lowest BCUT2D eigenvalue weighted by Gasteiger charge is -2.13. The fourth-order valence-electron chi connectivity index (χ4n) is 1.92. The number of halogens is 4. The third kappa shape index (κ3) is 3.10. The number of H-pyrrole nitrogens is 1. The molecule has 0 radical (unpaired) electrons. The Balaban J connectivity index is 2.60. The number of hydrogen-bond acceptors (Lipinski definition) is 5. The molecule has 0 bridgehead atoms. The number of nitrogens with one attached hydrogen (secondary N) is 1. The molecule has 2 aromatic rings. The monoisotopic (exact) mass is 333 g/mol. The summed E-state index contributed by atoms with van der Waals surface area (Å²) in [6.07, 6.45) is -4.89. The van der Waals surface area contributed by atoms with Crippen molar-refractivity contribution in [1.29, 1.82) is 0 Å². The number of hydrogen-bond donors (Lipinski definition) is 1. The van der Waals surface area contributed by atoms with Gasteiger partial charge in [0.25, 0.3) is 0 Å². The van der Waals surface area contributed by atoms with Gasteiger partial charge in [-0.1, -0.05) is 0 Å². The van der Waals surface area contributed by atoms with E-state index >= 15 is 0 Å². The highest BCUT2D eigenvalue weighted by atomic mass is 19.4. The molecule has 1 heterocycles. The van der Waals surface area contributed by atoms with Gasteiger partial charge in [0.2, 0.25) is 0 Å². The van der Waals surface area contributed by atoms with Crippen molar-refractivity contribution in [2.75, 3.05) is 13.7 Å². The molecule has 6 nitrogen and oxygen atoms in total. The maximum Gasteiger partial charge on any atom is 0.419 e. The van der Waals surface area contributed by atoms with Crippen molar-refractivity contribution in [1.82, 2.24) is 15.4 Å². The van der Waals surface area contributed by atoms with Crippen LogP contribution >= 0.6 is 0 Å². The van der Waals surface area contributed by atoms with E-state index in [1.54, 1.807) is 6.92 Å². The van der Waals surface area contributed by atoms with Gasteiger partial charge in [-0.2, -0.15) is 23.5 Å². The van der Waals surface area contributed by atoms with Crippen molar-refractivity contribution in [2.45, 2.75) is 13.1 Å². The topological polar surface area (TPSA) is 77.1 Å². The SMILES string of the molecule is CCOC(=O)c1n[nH]nc1-c1ccc(C(F)(F)F)c(F)c1OC. The Morgan fingerprint density at radius 2 is 2.00 bits per heavy atom. The van der Waals surface area contributed by atoms with E-state index in [0.29, 0.717) is 6.07 Å². The highest BCUT2D eigenvalue weighted by Crippen LogP contribution is 2.40. The average Bonchev–Trinajstić information content (AvgIpc) is 2.95. The van der Waals surface area contributed by atoms with Crippen molar-refractivity contribution < 1.29 is 31.8 Å². The van der Waals surface area contributed by atoms with Gasteiger partial charge in [0.1, 0.15) is 5.69 Å². The summed E-state index contributed by atoms with van der Waals surface area (Å²) in [6, 6.07) is 1.49. The Hall–Kier alpha value is -2.65. The zero-order valence-corrected chi connectivity index (χ0v) is 12.0. The Kier molecular flexibility index (Phi) is 4.52. The van der Waals surface area contributed by atoms with Gasteiger partial charge in [0.05, 0.1) is 19.3 Å². The first-order valence-corrected chi connectivity index (χ1v) is 6.33. The summed E-state index contributed by atoms with van der Waals surface area (Å²) in [4.78, 5) is 11.8. The summed E-state index contributed by atoms with van der Waals surface area (Å²) in [6.45, 7) is 1.62. The van der Waals surface area contributed by atoms with Crippen LogP contribution in [0.25, 0.3) is 11.3 Å². The first-order valence-electron chi connectivity index (χ1n) is 6.33. The summed E-state index contributed by atoms with van der Waals surface area (Å²) in [5.74, 6) is -3.15. The number of rotatable bonds is 4. The normalized spacial score (nSPS) is 11.4. The van der Waals surface area contributed by atoms with Crippen LogP contribution in [0.4, 0.5) is 17.6 Å². The minimum atomic E-state index is -4.89. The number of carbonyl (C=O) groups is 1. The molecule has 0 aliphatic heterocycles. The summed E-state index contributed by atoms with van der Waals surface area (Å²) >= 11 is 0. The lowest BCUT2D eigenvalue weighted by atomic mass is 10.0. The largest absolute Gasteiger partial charge is 0.493 e. The molecule has 0 amide bonds. The average molecular weight is 333 g/mol. The van der Waals surface area contributed by atoms with E-state index in [0.717, 1.165) is 13.2 Å². The number of aromatic amines is 1. The van der Waals surface area contributed by atoms with Crippen LogP contribution in [-0.4, -0.2) is 35.1 Å². The van der Waals surface area contributed by atoms with E-state index in [9.17, 15) is 22.4 Å². The standard InChI is InChI=1S/C13H11F4N3O3/c1-3-23-12(21)10-9(18-20-19-10)6-4-5-7(13(15,16)17)8(14)11(6)22-2/h4-5H,3H2,1-2H3,(H,18,19,20). The highest BCUT2D eigenvalue weighted by Gasteiger charge is 2.37. The third-order valence-corrected chi connectivity index (χ3v) is 2.88. The molecule has 0 fully saturated rings. The fraction of sp³-hybridized carbons (Fsp3) is 0.308. The number of esters is 1. The van der Waals surface area contributed by atoms with Gasteiger partial charge in [-0.15, -0.1) is 5.10 Å².